The van der Waals surface area contributed by atoms with Crippen LogP contribution in [0.5, 0.6) is 0 Å². The lowest BCUT2D eigenvalue weighted by Crippen LogP contribution is -2.12. The predicted octanol–water partition coefficient (Wildman–Crippen LogP) is 1.99. The fraction of sp³-hybridized carbons (Fsp3) is 0.385. The summed E-state index contributed by atoms with van der Waals surface area (Å²) >= 11 is 0. The zero-order chi connectivity index (χ0) is 12.3. The van der Waals surface area contributed by atoms with Crippen LogP contribution >= 0.6 is 0 Å². The maximum absolute atomic E-state index is 4.39. The fourth-order valence-electron chi connectivity index (χ4n) is 1.74. The average molecular weight is 230 g/mol. The maximum atomic E-state index is 4.39. The van der Waals surface area contributed by atoms with Gasteiger partial charge in [-0.25, -0.2) is 9.67 Å². The van der Waals surface area contributed by atoms with E-state index in [1.54, 1.807) is 0 Å². The Morgan fingerprint density at radius 3 is 2.88 bits per heavy atom. The van der Waals surface area contributed by atoms with Gasteiger partial charge >= 0.3 is 0 Å². The molecule has 0 aliphatic carbocycles. The van der Waals surface area contributed by atoms with Crippen LogP contribution in [-0.2, 0) is 6.54 Å². The van der Waals surface area contributed by atoms with E-state index in [4.69, 9.17) is 0 Å². The molecule has 0 spiro atoms. The van der Waals surface area contributed by atoms with Gasteiger partial charge in [-0.05, 0) is 38.1 Å². The van der Waals surface area contributed by atoms with Crippen LogP contribution in [-0.4, -0.2) is 21.3 Å². The number of rotatable bonds is 4. The van der Waals surface area contributed by atoms with E-state index in [9.17, 15) is 0 Å². The predicted molar refractivity (Wildman–Crippen MR) is 68.2 cm³/mol. The Labute approximate surface area is 102 Å². The minimum absolute atomic E-state index is 0.855. The second kappa shape index (κ2) is 5.10. The van der Waals surface area contributed by atoms with E-state index in [2.05, 4.69) is 36.2 Å². The van der Waals surface area contributed by atoms with Crippen LogP contribution in [0.4, 0.5) is 0 Å². The zero-order valence-electron chi connectivity index (χ0n) is 10.6. The molecule has 0 amide bonds. The van der Waals surface area contributed by atoms with E-state index < -0.39 is 0 Å². The van der Waals surface area contributed by atoms with Gasteiger partial charge in [-0.2, -0.15) is 5.10 Å². The molecule has 0 unspecified atom stereocenters. The van der Waals surface area contributed by atoms with E-state index in [1.165, 1.54) is 11.1 Å². The van der Waals surface area contributed by atoms with Crippen LogP contribution in [0.2, 0.25) is 0 Å². The third kappa shape index (κ3) is 2.53. The van der Waals surface area contributed by atoms with Gasteiger partial charge in [-0.1, -0.05) is 6.92 Å². The first kappa shape index (κ1) is 11.8. The molecule has 4 heteroatoms. The lowest BCUT2D eigenvalue weighted by molar-refractivity contribution is 0.721. The SMILES string of the molecule is CCNCc1cnn(-c2cc(C)ccn2)c1C. The van der Waals surface area contributed by atoms with Gasteiger partial charge in [0.1, 0.15) is 0 Å². The number of aryl methyl sites for hydroxylation is 1. The molecule has 4 nitrogen and oxygen atoms in total. The van der Waals surface area contributed by atoms with Gasteiger partial charge in [0, 0.05) is 24.0 Å². The van der Waals surface area contributed by atoms with Crippen LogP contribution in [0, 0.1) is 13.8 Å². The molecule has 0 saturated carbocycles. The van der Waals surface area contributed by atoms with Gasteiger partial charge in [0.25, 0.3) is 0 Å². The Morgan fingerprint density at radius 2 is 2.18 bits per heavy atom. The molecule has 2 aromatic heterocycles. The molecule has 2 aromatic rings. The Kier molecular flexibility index (Phi) is 3.54. The van der Waals surface area contributed by atoms with Gasteiger partial charge < -0.3 is 5.32 Å². The summed E-state index contributed by atoms with van der Waals surface area (Å²) in [6.07, 6.45) is 3.72. The molecular weight excluding hydrogens is 212 g/mol. The van der Waals surface area contributed by atoms with Crippen molar-refractivity contribution in [3.05, 3.63) is 41.3 Å². The molecule has 0 radical (unpaired) electrons. The lowest BCUT2D eigenvalue weighted by atomic mass is 10.2. The van der Waals surface area contributed by atoms with Gasteiger partial charge in [0.15, 0.2) is 5.82 Å². The largest absolute Gasteiger partial charge is 0.313 e. The first-order valence-electron chi connectivity index (χ1n) is 5.89. The van der Waals surface area contributed by atoms with E-state index in [-0.39, 0.29) is 0 Å². The number of hydrogen-bond acceptors (Lipinski definition) is 3. The Balaban J connectivity index is 2.30. The summed E-state index contributed by atoms with van der Waals surface area (Å²) in [7, 11) is 0. The van der Waals surface area contributed by atoms with Crippen LogP contribution in [0.25, 0.3) is 5.82 Å². The number of hydrogen-bond donors (Lipinski definition) is 1. The number of pyridine rings is 1. The van der Waals surface area contributed by atoms with Gasteiger partial charge in [-0.15, -0.1) is 0 Å². The van der Waals surface area contributed by atoms with E-state index >= 15 is 0 Å². The Bertz CT molecular complexity index is 502. The second-order valence-corrected chi connectivity index (χ2v) is 4.14. The summed E-state index contributed by atoms with van der Waals surface area (Å²) in [5.74, 6) is 0.880. The van der Waals surface area contributed by atoms with Crippen LogP contribution < -0.4 is 5.32 Å². The van der Waals surface area contributed by atoms with Crippen molar-refractivity contribution >= 4 is 0 Å². The van der Waals surface area contributed by atoms with Crippen molar-refractivity contribution < 1.29 is 0 Å². The monoisotopic (exact) mass is 230 g/mol. The standard InChI is InChI=1S/C13H18N4/c1-4-14-8-12-9-16-17(11(12)3)13-7-10(2)5-6-15-13/h5-7,9,14H,4,8H2,1-3H3. The third-order valence-corrected chi connectivity index (χ3v) is 2.79. The van der Waals surface area contributed by atoms with Gasteiger partial charge in [0.2, 0.25) is 0 Å². The summed E-state index contributed by atoms with van der Waals surface area (Å²) in [4.78, 5) is 4.34. The molecule has 0 atom stereocenters. The summed E-state index contributed by atoms with van der Waals surface area (Å²) < 4.78 is 1.89. The first-order chi connectivity index (χ1) is 8.22. The van der Waals surface area contributed by atoms with Crippen LogP contribution in [0.15, 0.2) is 24.5 Å². The summed E-state index contributed by atoms with van der Waals surface area (Å²) in [5.41, 5.74) is 3.55. The smallest absolute Gasteiger partial charge is 0.153 e. The summed E-state index contributed by atoms with van der Waals surface area (Å²) in [6, 6.07) is 4.03. The summed E-state index contributed by atoms with van der Waals surface area (Å²) in [5, 5.41) is 7.70. The Hall–Kier alpha value is -1.68. The van der Waals surface area contributed by atoms with E-state index in [1.807, 2.05) is 29.2 Å². The Morgan fingerprint density at radius 1 is 1.35 bits per heavy atom. The minimum Gasteiger partial charge on any atom is -0.313 e. The number of nitrogens with zero attached hydrogens (tertiary/aromatic N) is 3. The molecule has 0 aromatic carbocycles. The molecule has 17 heavy (non-hydrogen) atoms. The van der Waals surface area contributed by atoms with Crippen molar-refractivity contribution in [1.29, 1.82) is 0 Å². The maximum Gasteiger partial charge on any atom is 0.153 e. The van der Waals surface area contributed by atoms with Crippen molar-refractivity contribution in [3.8, 4) is 5.82 Å². The van der Waals surface area contributed by atoms with Crippen molar-refractivity contribution in [3.63, 3.8) is 0 Å². The van der Waals surface area contributed by atoms with E-state index in [0.29, 0.717) is 0 Å². The van der Waals surface area contributed by atoms with Gasteiger partial charge in [-0.3, -0.25) is 0 Å². The lowest BCUT2D eigenvalue weighted by Gasteiger charge is -2.05. The van der Waals surface area contributed by atoms with Crippen molar-refractivity contribution in [2.24, 2.45) is 0 Å². The van der Waals surface area contributed by atoms with Crippen LogP contribution in [0.1, 0.15) is 23.7 Å². The molecular formula is C13H18N4. The van der Waals surface area contributed by atoms with Crippen molar-refractivity contribution in [2.45, 2.75) is 27.3 Å². The number of aromatic nitrogens is 3. The highest BCUT2D eigenvalue weighted by atomic mass is 15.3. The first-order valence-corrected chi connectivity index (χ1v) is 5.89. The highest BCUT2D eigenvalue weighted by Gasteiger charge is 2.08. The zero-order valence-corrected chi connectivity index (χ0v) is 10.6. The van der Waals surface area contributed by atoms with Crippen molar-refractivity contribution in [2.75, 3.05) is 6.54 Å². The molecule has 90 valence electrons. The third-order valence-electron chi connectivity index (χ3n) is 2.79. The van der Waals surface area contributed by atoms with Crippen molar-refractivity contribution in [1.82, 2.24) is 20.1 Å². The molecule has 0 aliphatic heterocycles. The summed E-state index contributed by atoms with van der Waals surface area (Å²) in [6.45, 7) is 8.05. The molecule has 0 fully saturated rings. The molecule has 2 heterocycles. The van der Waals surface area contributed by atoms with Gasteiger partial charge in [0.05, 0.1) is 6.20 Å². The molecule has 1 N–H and O–H groups in total. The molecule has 0 aliphatic rings. The minimum atomic E-state index is 0.855. The molecule has 2 rings (SSSR count). The normalized spacial score (nSPS) is 10.8. The average Bonchev–Trinajstić information content (AvgIpc) is 2.68. The molecule has 0 saturated heterocycles. The van der Waals surface area contributed by atoms with E-state index in [0.717, 1.165) is 24.6 Å². The second-order valence-electron chi connectivity index (χ2n) is 4.14. The highest BCUT2D eigenvalue weighted by Crippen LogP contribution is 2.12. The number of nitrogens with one attached hydrogen (secondary N) is 1. The molecule has 0 bridgehead atoms. The fourth-order valence-corrected chi connectivity index (χ4v) is 1.74. The highest BCUT2D eigenvalue weighted by molar-refractivity contribution is 5.30. The van der Waals surface area contributed by atoms with Crippen LogP contribution in [0.3, 0.4) is 0 Å². The quantitative estimate of drug-likeness (QED) is 0.873. The topological polar surface area (TPSA) is 42.7 Å².